The Hall–Kier alpha value is -1.74. The maximum Gasteiger partial charge on any atom is 0.131 e. The molecule has 3 rings (SSSR count). The molecule has 0 bridgehead atoms. The van der Waals surface area contributed by atoms with Gasteiger partial charge in [-0.2, -0.15) is 0 Å². The van der Waals surface area contributed by atoms with Crippen LogP contribution in [0.4, 0.5) is 8.78 Å². The van der Waals surface area contributed by atoms with Crippen LogP contribution in [-0.4, -0.2) is 6.04 Å². The van der Waals surface area contributed by atoms with E-state index in [0.29, 0.717) is 18.2 Å². The van der Waals surface area contributed by atoms with Crippen molar-refractivity contribution in [2.45, 2.75) is 25.4 Å². The predicted octanol–water partition coefficient (Wildman–Crippen LogP) is 3.88. The molecule has 0 atom stereocenters. The first kappa shape index (κ1) is 12.3. The molecule has 0 spiro atoms. The van der Waals surface area contributed by atoms with Crippen LogP contribution in [0.15, 0.2) is 42.5 Å². The molecule has 0 unspecified atom stereocenters. The Morgan fingerprint density at radius 2 is 1.79 bits per heavy atom. The second-order valence-corrected chi connectivity index (χ2v) is 4.94. The maximum absolute atomic E-state index is 13.9. The normalized spacial score (nSPS) is 14.6. The molecule has 0 aliphatic heterocycles. The van der Waals surface area contributed by atoms with Crippen LogP contribution in [0.1, 0.15) is 18.4 Å². The third-order valence-corrected chi connectivity index (χ3v) is 3.39. The van der Waals surface area contributed by atoms with Crippen LogP contribution in [-0.2, 0) is 6.54 Å². The highest BCUT2D eigenvalue weighted by Crippen LogP contribution is 2.28. The minimum Gasteiger partial charge on any atom is -0.310 e. The summed E-state index contributed by atoms with van der Waals surface area (Å²) >= 11 is 0. The van der Waals surface area contributed by atoms with E-state index in [0.717, 1.165) is 17.2 Å². The molecule has 0 radical (unpaired) electrons. The highest BCUT2D eigenvalue weighted by atomic mass is 19.1. The Morgan fingerprint density at radius 3 is 2.58 bits per heavy atom. The van der Waals surface area contributed by atoms with Crippen LogP contribution >= 0.6 is 0 Å². The zero-order chi connectivity index (χ0) is 13.2. The molecular formula is C16H15F2N. The van der Waals surface area contributed by atoms with Crippen molar-refractivity contribution >= 4 is 0 Å². The summed E-state index contributed by atoms with van der Waals surface area (Å²) in [5.41, 5.74) is 2.08. The quantitative estimate of drug-likeness (QED) is 0.878. The summed E-state index contributed by atoms with van der Waals surface area (Å²) in [6.07, 6.45) is 2.41. The highest BCUT2D eigenvalue weighted by molar-refractivity contribution is 5.68. The van der Waals surface area contributed by atoms with Gasteiger partial charge in [0.1, 0.15) is 11.6 Å². The first-order chi connectivity index (χ1) is 9.24. The Balaban J connectivity index is 1.95. The van der Waals surface area contributed by atoms with E-state index in [1.165, 1.54) is 25.0 Å². The monoisotopic (exact) mass is 259 g/mol. The number of rotatable bonds is 4. The molecule has 1 N–H and O–H groups in total. The summed E-state index contributed by atoms with van der Waals surface area (Å²) in [4.78, 5) is 0. The molecular weight excluding hydrogens is 244 g/mol. The lowest BCUT2D eigenvalue weighted by atomic mass is 9.99. The lowest BCUT2D eigenvalue weighted by Crippen LogP contribution is -2.15. The molecule has 98 valence electrons. The summed E-state index contributed by atoms with van der Waals surface area (Å²) in [7, 11) is 0. The van der Waals surface area contributed by atoms with Crippen molar-refractivity contribution in [1.82, 2.24) is 5.32 Å². The molecule has 2 aromatic rings. The number of hydrogen-bond donors (Lipinski definition) is 1. The second kappa shape index (κ2) is 5.10. The minimum absolute atomic E-state index is 0.327. The van der Waals surface area contributed by atoms with Crippen molar-refractivity contribution in [3.05, 3.63) is 59.7 Å². The van der Waals surface area contributed by atoms with Crippen LogP contribution < -0.4 is 5.32 Å². The van der Waals surface area contributed by atoms with Crippen molar-refractivity contribution in [2.75, 3.05) is 0 Å². The highest BCUT2D eigenvalue weighted by Gasteiger charge is 2.20. The van der Waals surface area contributed by atoms with Crippen molar-refractivity contribution in [1.29, 1.82) is 0 Å². The zero-order valence-electron chi connectivity index (χ0n) is 10.5. The largest absolute Gasteiger partial charge is 0.310 e. The first-order valence-electron chi connectivity index (χ1n) is 6.51. The van der Waals surface area contributed by atoms with Crippen LogP contribution in [0.2, 0.25) is 0 Å². The van der Waals surface area contributed by atoms with Crippen LogP contribution in [0.25, 0.3) is 11.1 Å². The van der Waals surface area contributed by atoms with Crippen LogP contribution in [0.3, 0.4) is 0 Å². The molecule has 3 heteroatoms. The molecule has 0 amide bonds. The van der Waals surface area contributed by atoms with Gasteiger partial charge < -0.3 is 5.32 Å². The van der Waals surface area contributed by atoms with Crippen molar-refractivity contribution < 1.29 is 8.78 Å². The predicted molar refractivity (Wildman–Crippen MR) is 71.7 cm³/mol. The van der Waals surface area contributed by atoms with E-state index in [4.69, 9.17) is 0 Å². The van der Waals surface area contributed by atoms with Gasteiger partial charge in [0.05, 0.1) is 0 Å². The molecule has 19 heavy (non-hydrogen) atoms. The lowest BCUT2D eigenvalue weighted by Gasteiger charge is -2.11. The molecule has 0 heterocycles. The fourth-order valence-electron chi connectivity index (χ4n) is 2.18. The molecule has 2 aromatic carbocycles. The molecule has 1 saturated carbocycles. The summed E-state index contributed by atoms with van der Waals surface area (Å²) in [5, 5.41) is 3.40. The molecule has 1 nitrogen and oxygen atoms in total. The van der Waals surface area contributed by atoms with Gasteiger partial charge in [0, 0.05) is 18.2 Å². The van der Waals surface area contributed by atoms with Gasteiger partial charge in [-0.15, -0.1) is 0 Å². The van der Waals surface area contributed by atoms with Gasteiger partial charge >= 0.3 is 0 Å². The molecule has 0 saturated heterocycles. The maximum atomic E-state index is 13.9. The molecule has 0 aromatic heterocycles. The van der Waals surface area contributed by atoms with E-state index >= 15 is 0 Å². The van der Waals surface area contributed by atoms with Crippen LogP contribution in [0, 0.1) is 11.6 Å². The Kier molecular flexibility index (Phi) is 3.30. The van der Waals surface area contributed by atoms with Crippen molar-refractivity contribution in [2.24, 2.45) is 0 Å². The SMILES string of the molecule is Fc1ccc(F)c(-c2ccccc2CNC2CC2)c1. The summed E-state index contributed by atoms with van der Waals surface area (Å²) < 4.78 is 27.2. The number of benzene rings is 2. The third-order valence-electron chi connectivity index (χ3n) is 3.39. The van der Waals surface area contributed by atoms with E-state index in [-0.39, 0.29) is 5.82 Å². The standard InChI is InChI=1S/C16H15F2N/c17-12-5-8-16(18)15(9-12)14-4-2-1-3-11(14)10-19-13-6-7-13/h1-5,8-9,13,19H,6-7,10H2. The van der Waals surface area contributed by atoms with Crippen molar-refractivity contribution in [3.63, 3.8) is 0 Å². The van der Waals surface area contributed by atoms with E-state index in [9.17, 15) is 8.78 Å². The van der Waals surface area contributed by atoms with Gasteiger partial charge in [0.15, 0.2) is 0 Å². The van der Waals surface area contributed by atoms with Crippen LogP contribution in [0.5, 0.6) is 0 Å². The number of hydrogen-bond acceptors (Lipinski definition) is 1. The van der Waals surface area contributed by atoms with Gasteiger partial charge in [-0.05, 0) is 42.2 Å². The van der Waals surface area contributed by atoms with Crippen molar-refractivity contribution in [3.8, 4) is 11.1 Å². The Bertz CT molecular complexity index is 591. The molecule has 1 aliphatic rings. The Labute approximate surface area is 111 Å². The summed E-state index contributed by atoms with van der Waals surface area (Å²) in [5.74, 6) is -0.804. The van der Waals surface area contributed by atoms with E-state index in [2.05, 4.69) is 5.32 Å². The van der Waals surface area contributed by atoms with Gasteiger partial charge in [0.2, 0.25) is 0 Å². The van der Waals surface area contributed by atoms with Gasteiger partial charge in [-0.1, -0.05) is 24.3 Å². The van der Waals surface area contributed by atoms with E-state index < -0.39 is 5.82 Å². The van der Waals surface area contributed by atoms with Gasteiger partial charge in [0.25, 0.3) is 0 Å². The van der Waals surface area contributed by atoms with E-state index in [1.54, 1.807) is 0 Å². The topological polar surface area (TPSA) is 12.0 Å². The first-order valence-corrected chi connectivity index (χ1v) is 6.51. The number of halogens is 2. The number of nitrogens with one attached hydrogen (secondary N) is 1. The minimum atomic E-state index is -0.415. The smallest absolute Gasteiger partial charge is 0.131 e. The third kappa shape index (κ3) is 2.82. The van der Waals surface area contributed by atoms with Gasteiger partial charge in [-0.25, -0.2) is 8.78 Å². The van der Waals surface area contributed by atoms with Gasteiger partial charge in [-0.3, -0.25) is 0 Å². The van der Waals surface area contributed by atoms with E-state index in [1.807, 2.05) is 24.3 Å². The zero-order valence-corrected chi connectivity index (χ0v) is 10.5. The summed E-state index contributed by atoms with van der Waals surface area (Å²) in [6.45, 7) is 0.691. The fraction of sp³-hybridized carbons (Fsp3) is 0.250. The Morgan fingerprint density at radius 1 is 1.00 bits per heavy atom. The average Bonchev–Trinajstić information content (AvgIpc) is 3.24. The molecule has 1 fully saturated rings. The lowest BCUT2D eigenvalue weighted by molar-refractivity contribution is 0.602. The molecule has 1 aliphatic carbocycles. The second-order valence-electron chi connectivity index (χ2n) is 4.94. The fourth-order valence-corrected chi connectivity index (χ4v) is 2.18. The average molecular weight is 259 g/mol. The summed E-state index contributed by atoms with van der Waals surface area (Å²) in [6, 6.07) is 11.7.